The van der Waals surface area contributed by atoms with E-state index in [1.165, 1.54) is 0 Å². The van der Waals surface area contributed by atoms with Gasteiger partial charge in [-0.2, -0.15) is 0 Å². The highest BCUT2D eigenvalue weighted by Gasteiger charge is 2.12. The van der Waals surface area contributed by atoms with Crippen molar-refractivity contribution in [2.24, 2.45) is 0 Å². The van der Waals surface area contributed by atoms with E-state index in [9.17, 15) is 10.2 Å². The Morgan fingerprint density at radius 2 is 2.06 bits per heavy atom. The minimum absolute atomic E-state index is 0.00648. The first-order valence-electron chi connectivity index (χ1n) is 5.93. The molecule has 17 heavy (non-hydrogen) atoms. The molecule has 1 heterocycles. The van der Waals surface area contributed by atoms with Crippen LogP contribution in [-0.2, 0) is 6.61 Å². The molecule has 0 saturated heterocycles. The van der Waals surface area contributed by atoms with E-state index in [1.54, 1.807) is 6.92 Å². The van der Waals surface area contributed by atoms with Gasteiger partial charge < -0.3 is 15.1 Å². The van der Waals surface area contributed by atoms with E-state index in [1.807, 2.05) is 31.9 Å². The van der Waals surface area contributed by atoms with Gasteiger partial charge in [-0.25, -0.2) is 4.98 Å². The maximum absolute atomic E-state index is 9.40. The lowest BCUT2D eigenvalue weighted by Gasteiger charge is -2.23. The monoisotopic (exact) mass is 238 g/mol. The highest BCUT2D eigenvalue weighted by atomic mass is 16.3. The van der Waals surface area contributed by atoms with Gasteiger partial charge in [-0.1, -0.05) is 0 Å². The quantitative estimate of drug-likeness (QED) is 0.814. The molecule has 96 valence electrons. The summed E-state index contributed by atoms with van der Waals surface area (Å²) in [4.78, 5) is 6.45. The molecule has 0 saturated carbocycles. The van der Waals surface area contributed by atoms with Crippen LogP contribution in [0.25, 0.3) is 0 Å². The molecular formula is C13H22N2O2. The molecule has 1 aromatic heterocycles. The topological polar surface area (TPSA) is 56.6 Å². The second kappa shape index (κ2) is 5.98. The van der Waals surface area contributed by atoms with E-state index < -0.39 is 0 Å². The third-order valence-corrected chi connectivity index (χ3v) is 2.86. The zero-order valence-electron chi connectivity index (χ0n) is 11.1. The molecular weight excluding hydrogens is 216 g/mol. The lowest BCUT2D eigenvalue weighted by atomic mass is 10.1. The standard InChI is InChI=1S/C13H22N2O2/c1-9-7-10(2)14-13(12(9)8-16)15(4)6-5-11(3)17/h7,11,16-17H,5-6,8H2,1-4H3. The van der Waals surface area contributed by atoms with E-state index >= 15 is 0 Å². The molecule has 0 aliphatic carbocycles. The van der Waals surface area contributed by atoms with Crippen molar-refractivity contribution in [1.82, 2.24) is 4.98 Å². The van der Waals surface area contributed by atoms with E-state index in [4.69, 9.17) is 0 Å². The van der Waals surface area contributed by atoms with Crippen molar-refractivity contribution >= 4 is 5.82 Å². The molecule has 0 aromatic carbocycles. The number of rotatable bonds is 5. The Bertz CT molecular complexity index is 378. The fraction of sp³-hybridized carbons (Fsp3) is 0.615. The van der Waals surface area contributed by atoms with Gasteiger partial charge in [0.1, 0.15) is 5.82 Å². The van der Waals surface area contributed by atoms with Crippen LogP contribution in [-0.4, -0.2) is 34.9 Å². The van der Waals surface area contributed by atoms with Gasteiger partial charge in [0, 0.05) is 24.8 Å². The summed E-state index contributed by atoms with van der Waals surface area (Å²) in [5, 5.41) is 18.7. The Labute approximate surface area is 103 Å². The van der Waals surface area contributed by atoms with Crippen LogP contribution in [0.1, 0.15) is 30.2 Å². The maximum atomic E-state index is 9.40. The largest absolute Gasteiger partial charge is 0.393 e. The Kier molecular flexibility index (Phi) is 4.90. The number of aliphatic hydroxyl groups excluding tert-OH is 2. The van der Waals surface area contributed by atoms with Crippen molar-refractivity contribution in [1.29, 1.82) is 0 Å². The van der Waals surface area contributed by atoms with Crippen molar-refractivity contribution in [3.8, 4) is 0 Å². The van der Waals surface area contributed by atoms with E-state index in [0.29, 0.717) is 6.42 Å². The first-order valence-corrected chi connectivity index (χ1v) is 5.93. The minimum atomic E-state index is -0.319. The summed E-state index contributed by atoms with van der Waals surface area (Å²) in [7, 11) is 1.93. The Hall–Kier alpha value is -1.13. The van der Waals surface area contributed by atoms with E-state index in [0.717, 1.165) is 29.2 Å². The molecule has 4 heteroatoms. The molecule has 0 bridgehead atoms. The van der Waals surface area contributed by atoms with Crippen molar-refractivity contribution in [3.63, 3.8) is 0 Å². The van der Waals surface area contributed by atoms with E-state index in [2.05, 4.69) is 4.98 Å². The molecule has 0 fully saturated rings. The number of hydrogen-bond acceptors (Lipinski definition) is 4. The Morgan fingerprint density at radius 3 is 2.59 bits per heavy atom. The van der Waals surface area contributed by atoms with Crippen LogP contribution in [0, 0.1) is 13.8 Å². The van der Waals surface area contributed by atoms with Crippen LogP contribution in [0.15, 0.2) is 6.07 Å². The van der Waals surface area contributed by atoms with Gasteiger partial charge in [-0.15, -0.1) is 0 Å². The fourth-order valence-corrected chi connectivity index (χ4v) is 1.84. The average molecular weight is 238 g/mol. The lowest BCUT2D eigenvalue weighted by molar-refractivity contribution is 0.186. The second-order valence-corrected chi connectivity index (χ2v) is 4.60. The van der Waals surface area contributed by atoms with Crippen LogP contribution in [0.3, 0.4) is 0 Å². The Balaban J connectivity index is 2.95. The summed E-state index contributed by atoms with van der Waals surface area (Å²) in [6.45, 7) is 6.41. The summed E-state index contributed by atoms with van der Waals surface area (Å²) in [6.07, 6.45) is 0.372. The van der Waals surface area contributed by atoms with Gasteiger partial charge in [0.05, 0.1) is 12.7 Å². The van der Waals surface area contributed by atoms with Crippen LogP contribution in [0.4, 0.5) is 5.82 Å². The van der Waals surface area contributed by atoms with Gasteiger partial charge in [0.2, 0.25) is 0 Å². The zero-order valence-corrected chi connectivity index (χ0v) is 11.1. The summed E-state index contributed by atoms with van der Waals surface area (Å²) >= 11 is 0. The third-order valence-electron chi connectivity index (χ3n) is 2.86. The van der Waals surface area contributed by atoms with Crippen LogP contribution in [0.2, 0.25) is 0 Å². The third kappa shape index (κ3) is 3.68. The number of nitrogens with zero attached hydrogens (tertiary/aromatic N) is 2. The predicted molar refractivity (Wildman–Crippen MR) is 69.2 cm³/mol. The predicted octanol–water partition coefficient (Wildman–Crippen LogP) is 1.40. The molecule has 0 spiro atoms. The van der Waals surface area contributed by atoms with Crippen molar-refractivity contribution < 1.29 is 10.2 Å². The molecule has 0 amide bonds. The molecule has 0 aliphatic rings. The van der Waals surface area contributed by atoms with Crippen molar-refractivity contribution in [3.05, 3.63) is 22.9 Å². The highest BCUT2D eigenvalue weighted by Crippen LogP contribution is 2.21. The molecule has 4 nitrogen and oxygen atoms in total. The lowest BCUT2D eigenvalue weighted by Crippen LogP contribution is -2.24. The SMILES string of the molecule is Cc1cc(C)c(CO)c(N(C)CCC(C)O)n1. The summed E-state index contributed by atoms with van der Waals surface area (Å²) in [6, 6.07) is 1.97. The first kappa shape index (κ1) is 13.9. The number of aliphatic hydroxyl groups is 2. The smallest absolute Gasteiger partial charge is 0.134 e. The number of pyridine rings is 1. The zero-order chi connectivity index (χ0) is 13.0. The molecule has 2 N–H and O–H groups in total. The van der Waals surface area contributed by atoms with Gasteiger partial charge in [-0.3, -0.25) is 0 Å². The number of hydrogen-bond donors (Lipinski definition) is 2. The number of anilines is 1. The normalized spacial score (nSPS) is 12.6. The summed E-state index contributed by atoms with van der Waals surface area (Å²) < 4.78 is 0. The van der Waals surface area contributed by atoms with Crippen LogP contribution >= 0.6 is 0 Å². The number of aryl methyl sites for hydroxylation is 2. The number of aromatic nitrogens is 1. The van der Waals surface area contributed by atoms with Gasteiger partial charge >= 0.3 is 0 Å². The second-order valence-electron chi connectivity index (χ2n) is 4.60. The van der Waals surface area contributed by atoms with Crippen molar-refractivity contribution in [2.45, 2.75) is 39.9 Å². The molecule has 0 radical (unpaired) electrons. The van der Waals surface area contributed by atoms with Crippen LogP contribution in [0.5, 0.6) is 0 Å². The van der Waals surface area contributed by atoms with Gasteiger partial charge in [0.15, 0.2) is 0 Å². The molecule has 1 atom stereocenters. The van der Waals surface area contributed by atoms with Gasteiger partial charge in [0.25, 0.3) is 0 Å². The summed E-state index contributed by atoms with van der Waals surface area (Å²) in [5.41, 5.74) is 2.86. The van der Waals surface area contributed by atoms with Crippen LogP contribution < -0.4 is 4.90 Å². The minimum Gasteiger partial charge on any atom is -0.393 e. The first-order chi connectivity index (χ1) is 7.95. The Morgan fingerprint density at radius 1 is 1.41 bits per heavy atom. The molecule has 1 aromatic rings. The molecule has 1 unspecified atom stereocenters. The molecule has 0 aliphatic heterocycles. The maximum Gasteiger partial charge on any atom is 0.134 e. The molecule has 1 rings (SSSR count). The van der Waals surface area contributed by atoms with E-state index in [-0.39, 0.29) is 12.7 Å². The van der Waals surface area contributed by atoms with Gasteiger partial charge in [-0.05, 0) is 38.8 Å². The highest BCUT2D eigenvalue weighted by molar-refractivity contribution is 5.50. The average Bonchev–Trinajstić information content (AvgIpc) is 2.24. The van der Waals surface area contributed by atoms with Crippen molar-refractivity contribution in [2.75, 3.05) is 18.5 Å². The fourth-order valence-electron chi connectivity index (χ4n) is 1.84. The summed E-state index contributed by atoms with van der Waals surface area (Å²) in [5.74, 6) is 0.811.